The molecule has 2 rings (SSSR count). The Morgan fingerprint density at radius 2 is 1.95 bits per heavy atom. The maximum Gasteiger partial charge on any atom is 0.337 e. The number of hydrogen-bond donors (Lipinski definition) is 1. The Morgan fingerprint density at radius 3 is 2.45 bits per heavy atom. The lowest BCUT2D eigenvalue weighted by Crippen LogP contribution is -2.00. The first-order chi connectivity index (χ1) is 9.47. The van der Waals surface area contributed by atoms with Crippen molar-refractivity contribution in [3.05, 3.63) is 53.5 Å². The fraction of sp³-hybridized carbons (Fsp3) is 0.200. The minimum absolute atomic E-state index is 0.218. The number of carbonyl (C=O) groups is 1. The third-order valence-electron chi connectivity index (χ3n) is 2.82. The molecule has 5 heteroatoms. The second-order valence-corrected chi connectivity index (χ2v) is 4.64. The van der Waals surface area contributed by atoms with E-state index in [0.29, 0.717) is 11.7 Å². The minimum atomic E-state index is -1.23. The van der Waals surface area contributed by atoms with E-state index < -0.39 is 11.8 Å². The highest BCUT2D eigenvalue weighted by atomic mass is 19.1. The number of carboxylic acid groups (broad SMARTS) is 1. The van der Waals surface area contributed by atoms with Crippen molar-refractivity contribution in [3.8, 4) is 11.6 Å². The molecule has 0 radical (unpaired) electrons. The van der Waals surface area contributed by atoms with Crippen molar-refractivity contribution >= 4 is 5.97 Å². The zero-order valence-corrected chi connectivity index (χ0v) is 11.1. The number of nitrogens with zero attached hydrogens (tertiary/aromatic N) is 1. The van der Waals surface area contributed by atoms with Crippen LogP contribution < -0.4 is 4.74 Å². The molecule has 20 heavy (non-hydrogen) atoms. The van der Waals surface area contributed by atoms with Crippen molar-refractivity contribution in [2.75, 3.05) is 0 Å². The highest BCUT2D eigenvalue weighted by Gasteiger charge is 2.11. The number of hydrogen-bond acceptors (Lipinski definition) is 3. The van der Waals surface area contributed by atoms with Crippen LogP contribution in [0.15, 0.2) is 36.5 Å². The SMILES string of the molecule is CC(C)c1ccc(Oc2ncc(C(=O)O)cc2F)cc1. The molecule has 1 aromatic heterocycles. The molecule has 0 spiro atoms. The lowest BCUT2D eigenvalue weighted by molar-refractivity contribution is 0.0695. The molecule has 0 saturated carbocycles. The average molecular weight is 275 g/mol. The minimum Gasteiger partial charge on any atom is -0.478 e. The van der Waals surface area contributed by atoms with E-state index in [9.17, 15) is 9.18 Å². The summed E-state index contributed by atoms with van der Waals surface area (Å²) in [5.74, 6) is -1.44. The first-order valence-electron chi connectivity index (χ1n) is 6.14. The fourth-order valence-corrected chi connectivity index (χ4v) is 1.65. The topological polar surface area (TPSA) is 59.4 Å². The van der Waals surface area contributed by atoms with Gasteiger partial charge in [0.05, 0.1) is 5.56 Å². The van der Waals surface area contributed by atoms with Crippen LogP contribution in [0.25, 0.3) is 0 Å². The summed E-state index contributed by atoms with van der Waals surface area (Å²) >= 11 is 0. The summed E-state index contributed by atoms with van der Waals surface area (Å²) in [6.45, 7) is 4.14. The molecular formula is C15H14FNO3. The molecule has 0 aliphatic heterocycles. The molecular weight excluding hydrogens is 261 g/mol. The summed E-state index contributed by atoms with van der Waals surface area (Å²) in [6, 6.07) is 8.11. The van der Waals surface area contributed by atoms with E-state index in [1.165, 1.54) is 0 Å². The summed E-state index contributed by atoms with van der Waals surface area (Å²) in [4.78, 5) is 14.4. The summed E-state index contributed by atoms with van der Waals surface area (Å²) in [5.41, 5.74) is 0.928. The predicted molar refractivity (Wildman–Crippen MR) is 71.8 cm³/mol. The first kappa shape index (κ1) is 14.0. The van der Waals surface area contributed by atoms with Gasteiger partial charge in [-0.25, -0.2) is 14.2 Å². The van der Waals surface area contributed by atoms with Gasteiger partial charge in [-0.1, -0.05) is 26.0 Å². The molecule has 0 aliphatic rings. The van der Waals surface area contributed by atoms with Gasteiger partial charge in [-0.05, 0) is 29.7 Å². The Morgan fingerprint density at radius 1 is 1.30 bits per heavy atom. The van der Waals surface area contributed by atoms with Crippen LogP contribution >= 0.6 is 0 Å². The molecule has 0 fully saturated rings. The second kappa shape index (κ2) is 5.69. The van der Waals surface area contributed by atoms with E-state index in [-0.39, 0.29) is 11.4 Å². The molecule has 1 N–H and O–H groups in total. The van der Waals surface area contributed by atoms with Crippen LogP contribution in [0.5, 0.6) is 11.6 Å². The molecule has 0 atom stereocenters. The van der Waals surface area contributed by atoms with E-state index in [2.05, 4.69) is 18.8 Å². The molecule has 0 bridgehead atoms. The quantitative estimate of drug-likeness (QED) is 0.921. The lowest BCUT2D eigenvalue weighted by Gasteiger charge is -2.08. The number of rotatable bonds is 4. The number of carboxylic acids is 1. The van der Waals surface area contributed by atoms with Gasteiger partial charge in [0.15, 0.2) is 5.82 Å². The molecule has 104 valence electrons. The second-order valence-electron chi connectivity index (χ2n) is 4.64. The number of ether oxygens (including phenoxy) is 1. The van der Waals surface area contributed by atoms with Crippen molar-refractivity contribution in [2.24, 2.45) is 0 Å². The molecule has 2 aromatic rings. The fourth-order valence-electron chi connectivity index (χ4n) is 1.65. The summed E-state index contributed by atoms with van der Waals surface area (Å²) in [6.07, 6.45) is 1.06. The largest absolute Gasteiger partial charge is 0.478 e. The van der Waals surface area contributed by atoms with Crippen LogP contribution in [0.4, 0.5) is 4.39 Å². The molecule has 0 saturated heterocycles. The zero-order valence-electron chi connectivity index (χ0n) is 11.1. The van der Waals surface area contributed by atoms with Gasteiger partial charge in [0, 0.05) is 6.20 Å². The van der Waals surface area contributed by atoms with E-state index >= 15 is 0 Å². The third-order valence-corrected chi connectivity index (χ3v) is 2.82. The van der Waals surface area contributed by atoms with Crippen LogP contribution in [0.3, 0.4) is 0 Å². The van der Waals surface area contributed by atoms with Crippen molar-refractivity contribution in [2.45, 2.75) is 19.8 Å². The zero-order chi connectivity index (χ0) is 14.7. The standard InChI is InChI=1S/C15H14FNO3/c1-9(2)10-3-5-12(6-4-10)20-14-13(16)7-11(8-17-14)15(18)19/h3-9H,1-2H3,(H,18,19). The normalized spacial score (nSPS) is 10.6. The number of benzene rings is 1. The van der Waals surface area contributed by atoms with Crippen molar-refractivity contribution in [1.82, 2.24) is 4.98 Å². The molecule has 0 aliphatic carbocycles. The van der Waals surface area contributed by atoms with Crippen LogP contribution in [-0.2, 0) is 0 Å². The Bertz CT molecular complexity index is 624. The molecule has 4 nitrogen and oxygen atoms in total. The van der Waals surface area contributed by atoms with Crippen LogP contribution in [-0.4, -0.2) is 16.1 Å². The maximum atomic E-state index is 13.7. The van der Waals surface area contributed by atoms with E-state index in [1.807, 2.05) is 12.1 Å². The smallest absolute Gasteiger partial charge is 0.337 e. The van der Waals surface area contributed by atoms with Gasteiger partial charge >= 0.3 is 5.97 Å². The Kier molecular flexibility index (Phi) is 3.98. The monoisotopic (exact) mass is 275 g/mol. The Balaban J connectivity index is 2.19. The number of aromatic carboxylic acids is 1. The Hall–Kier alpha value is -2.43. The van der Waals surface area contributed by atoms with Gasteiger partial charge in [0.25, 0.3) is 5.88 Å². The summed E-state index contributed by atoms with van der Waals surface area (Å²) in [7, 11) is 0. The highest BCUT2D eigenvalue weighted by molar-refractivity contribution is 5.87. The van der Waals surface area contributed by atoms with E-state index in [1.54, 1.807) is 12.1 Å². The third kappa shape index (κ3) is 3.12. The Labute approximate surface area is 115 Å². The van der Waals surface area contributed by atoms with Gasteiger partial charge in [-0.15, -0.1) is 0 Å². The maximum absolute atomic E-state index is 13.7. The van der Waals surface area contributed by atoms with Crippen LogP contribution in [0.1, 0.15) is 35.7 Å². The van der Waals surface area contributed by atoms with E-state index in [4.69, 9.17) is 9.84 Å². The number of pyridine rings is 1. The summed E-state index contributed by atoms with van der Waals surface area (Å²) < 4.78 is 19.0. The lowest BCUT2D eigenvalue weighted by atomic mass is 10.0. The van der Waals surface area contributed by atoms with Crippen LogP contribution in [0, 0.1) is 5.82 Å². The predicted octanol–water partition coefficient (Wildman–Crippen LogP) is 3.83. The summed E-state index contributed by atoms with van der Waals surface area (Å²) in [5, 5.41) is 8.72. The highest BCUT2D eigenvalue weighted by Crippen LogP contribution is 2.24. The van der Waals surface area contributed by atoms with Gasteiger partial charge in [0.2, 0.25) is 0 Å². The van der Waals surface area contributed by atoms with Crippen molar-refractivity contribution in [1.29, 1.82) is 0 Å². The number of aromatic nitrogens is 1. The molecule has 1 heterocycles. The average Bonchev–Trinajstić information content (AvgIpc) is 2.41. The van der Waals surface area contributed by atoms with Crippen molar-refractivity contribution in [3.63, 3.8) is 0 Å². The molecule has 1 aromatic carbocycles. The van der Waals surface area contributed by atoms with Gasteiger partial charge < -0.3 is 9.84 Å². The number of halogens is 1. The van der Waals surface area contributed by atoms with Gasteiger partial charge in [-0.3, -0.25) is 0 Å². The van der Waals surface area contributed by atoms with Gasteiger partial charge in [-0.2, -0.15) is 0 Å². The van der Waals surface area contributed by atoms with Gasteiger partial charge in [0.1, 0.15) is 5.75 Å². The molecule has 0 unspecified atom stereocenters. The van der Waals surface area contributed by atoms with E-state index in [0.717, 1.165) is 17.8 Å². The molecule has 0 amide bonds. The van der Waals surface area contributed by atoms with Crippen LogP contribution in [0.2, 0.25) is 0 Å². The van der Waals surface area contributed by atoms with Crippen molar-refractivity contribution < 1.29 is 19.0 Å². The first-order valence-corrected chi connectivity index (χ1v) is 6.14.